The van der Waals surface area contributed by atoms with Crippen LogP contribution >= 0.6 is 11.3 Å². The molecule has 0 radical (unpaired) electrons. The first-order valence-corrected chi connectivity index (χ1v) is 6.13. The number of carbonyl (C=O) groups excluding carboxylic acids is 2. The molecule has 6 heteroatoms. The first-order valence-electron chi connectivity index (χ1n) is 5.25. The quantitative estimate of drug-likeness (QED) is 0.739. The highest BCUT2D eigenvalue weighted by Gasteiger charge is 2.15. The van der Waals surface area contributed by atoms with Gasteiger partial charge in [-0.05, 0) is 31.7 Å². The van der Waals surface area contributed by atoms with Crippen molar-refractivity contribution in [2.75, 3.05) is 5.32 Å². The van der Waals surface area contributed by atoms with Crippen LogP contribution in [0.2, 0.25) is 0 Å². The van der Waals surface area contributed by atoms with E-state index in [9.17, 15) is 9.59 Å². The molecule has 0 spiro atoms. The molecule has 0 bridgehead atoms. The summed E-state index contributed by atoms with van der Waals surface area (Å²) in [4.78, 5) is 22.7. The van der Waals surface area contributed by atoms with E-state index in [0.29, 0.717) is 23.4 Å². The Morgan fingerprint density at radius 2 is 2.12 bits per heavy atom. The molecule has 2 amide bonds. The summed E-state index contributed by atoms with van der Waals surface area (Å²) < 4.78 is 0. The summed E-state index contributed by atoms with van der Waals surface area (Å²) in [6, 6.07) is 1.59. The number of nitrogens with one attached hydrogen (secondary N) is 1. The standard InChI is InChI=1S/C11H17N3O2S/c1-11(2,13)5-3-8(15)14-10-7(9(12)16)4-6-17-10/h4,6H,3,5,13H2,1-2H3,(H2,12,16)(H,14,15). The predicted molar refractivity (Wildman–Crippen MR) is 69.0 cm³/mol. The third-order valence-corrected chi connectivity index (χ3v) is 3.01. The van der Waals surface area contributed by atoms with E-state index in [0.717, 1.165) is 0 Å². The predicted octanol–water partition coefficient (Wildman–Crippen LogP) is 1.30. The molecule has 5 nitrogen and oxygen atoms in total. The van der Waals surface area contributed by atoms with Crippen molar-refractivity contribution in [3.63, 3.8) is 0 Å². The third kappa shape index (κ3) is 4.54. The molecule has 5 N–H and O–H groups in total. The molecule has 17 heavy (non-hydrogen) atoms. The number of hydrogen-bond acceptors (Lipinski definition) is 4. The van der Waals surface area contributed by atoms with Gasteiger partial charge in [0.1, 0.15) is 5.00 Å². The maximum atomic E-state index is 11.6. The molecule has 1 rings (SSSR count). The van der Waals surface area contributed by atoms with Crippen LogP contribution in [-0.4, -0.2) is 17.4 Å². The van der Waals surface area contributed by atoms with Crippen molar-refractivity contribution in [3.05, 3.63) is 17.0 Å². The average molecular weight is 255 g/mol. The topological polar surface area (TPSA) is 98.2 Å². The molecule has 0 atom stereocenters. The van der Waals surface area contributed by atoms with Crippen LogP contribution in [-0.2, 0) is 4.79 Å². The molecule has 1 aromatic rings. The van der Waals surface area contributed by atoms with Gasteiger partial charge in [-0.1, -0.05) is 0 Å². The smallest absolute Gasteiger partial charge is 0.251 e. The molecule has 0 aliphatic rings. The van der Waals surface area contributed by atoms with Gasteiger partial charge in [0.05, 0.1) is 5.56 Å². The number of nitrogens with two attached hydrogens (primary N) is 2. The van der Waals surface area contributed by atoms with Crippen molar-refractivity contribution < 1.29 is 9.59 Å². The Hall–Kier alpha value is -1.40. The highest BCUT2D eigenvalue weighted by Crippen LogP contribution is 2.23. The Balaban J connectivity index is 2.57. The fraction of sp³-hybridized carbons (Fsp3) is 0.455. The van der Waals surface area contributed by atoms with E-state index in [-0.39, 0.29) is 11.4 Å². The second-order valence-corrected chi connectivity index (χ2v) is 5.48. The summed E-state index contributed by atoms with van der Waals surface area (Å²) in [6.07, 6.45) is 0.899. The first kappa shape index (κ1) is 13.7. The van der Waals surface area contributed by atoms with Crippen molar-refractivity contribution in [1.29, 1.82) is 0 Å². The number of rotatable bonds is 5. The molecule has 0 aromatic carbocycles. The zero-order chi connectivity index (χ0) is 13.1. The van der Waals surface area contributed by atoms with Crippen LogP contribution in [0.4, 0.5) is 5.00 Å². The number of carbonyl (C=O) groups is 2. The largest absolute Gasteiger partial charge is 0.366 e. The van der Waals surface area contributed by atoms with Crippen molar-refractivity contribution >= 4 is 28.2 Å². The van der Waals surface area contributed by atoms with Crippen LogP contribution in [0.25, 0.3) is 0 Å². The van der Waals surface area contributed by atoms with Gasteiger partial charge in [-0.15, -0.1) is 11.3 Å². The van der Waals surface area contributed by atoms with Crippen molar-refractivity contribution in [3.8, 4) is 0 Å². The monoisotopic (exact) mass is 255 g/mol. The molecule has 0 aliphatic heterocycles. The van der Waals surface area contributed by atoms with Gasteiger partial charge in [-0.25, -0.2) is 0 Å². The van der Waals surface area contributed by atoms with Crippen LogP contribution in [0, 0.1) is 0 Å². The molecule has 0 saturated heterocycles. The summed E-state index contributed by atoms with van der Waals surface area (Å²) >= 11 is 1.28. The van der Waals surface area contributed by atoms with Gasteiger partial charge in [0.15, 0.2) is 0 Å². The molecule has 1 aromatic heterocycles. The number of thiophene rings is 1. The maximum absolute atomic E-state index is 11.6. The fourth-order valence-corrected chi connectivity index (χ4v) is 2.03. The van der Waals surface area contributed by atoms with Crippen molar-refractivity contribution in [2.24, 2.45) is 11.5 Å². The zero-order valence-corrected chi connectivity index (χ0v) is 10.8. The summed E-state index contributed by atoms with van der Waals surface area (Å²) in [6.45, 7) is 3.72. The highest BCUT2D eigenvalue weighted by molar-refractivity contribution is 7.14. The SMILES string of the molecule is CC(C)(N)CCC(=O)Nc1sccc1C(N)=O. The number of amides is 2. The summed E-state index contributed by atoms with van der Waals surface area (Å²) in [5, 5.41) is 4.88. The molecular weight excluding hydrogens is 238 g/mol. The highest BCUT2D eigenvalue weighted by atomic mass is 32.1. The van der Waals surface area contributed by atoms with E-state index in [1.54, 1.807) is 11.4 Å². The number of primary amides is 1. The summed E-state index contributed by atoms with van der Waals surface area (Å²) in [7, 11) is 0. The second kappa shape index (κ2) is 5.29. The van der Waals surface area contributed by atoms with Crippen LogP contribution in [0.3, 0.4) is 0 Å². The van der Waals surface area contributed by atoms with Crippen LogP contribution in [0.15, 0.2) is 11.4 Å². The van der Waals surface area contributed by atoms with E-state index in [1.165, 1.54) is 11.3 Å². The fourth-order valence-electron chi connectivity index (χ4n) is 1.22. The van der Waals surface area contributed by atoms with Gasteiger partial charge >= 0.3 is 0 Å². The summed E-state index contributed by atoms with van der Waals surface area (Å²) in [5.41, 5.74) is 10.9. The average Bonchev–Trinajstić information content (AvgIpc) is 2.62. The van der Waals surface area contributed by atoms with E-state index in [2.05, 4.69) is 5.32 Å². The van der Waals surface area contributed by atoms with Gasteiger partial charge < -0.3 is 16.8 Å². The lowest BCUT2D eigenvalue weighted by atomic mass is 10.00. The number of hydrogen-bond donors (Lipinski definition) is 3. The van der Waals surface area contributed by atoms with Crippen molar-refractivity contribution in [2.45, 2.75) is 32.2 Å². The van der Waals surface area contributed by atoms with E-state index < -0.39 is 5.91 Å². The third-order valence-electron chi connectivity index (χ3n) is 2.18. The molecule has 0 unspecified atom stereocenters. The second-order valence-electron chi connectivity index (χ2n) is 4.56. The summed E-state index contributed by atoms with van der Waals surface area (Å²) in [5.74, 6) is -0.700. The Bertz CT molecular complexity index is 421. The van der Waals surface area contributed by atoms with Gasteiger partial charge in [-0.3, -0.25) is 9.59 Å². The minimum Gasteiger partial charge on any atom is -0.366 e. The van der Waals surface area contributed by atoms with Gasteiger partial charge in [0.25, 0.3) is 5.91 Å². The van der Waals surface area contributed by atoms with Crippen molar-refractivity contribution in [1.82, 2.24) is 0 Å². The van der Waals surface area contributed by atoms with E-state index in [4.69, 9.17) is 11.5 Å². The lowest BCUT2D eigenvalue weighted by Gasteiger charge is -2.17. The normalized spacial score (nSPS) is 11.2. The minimum atomic E-state index is -0.541. The molecule has 0 fully saturated rings. The van der Waals surface area contributed by atoms with Gasteiger partial charge in [0.2, 0.25) is 5.91 Å². The molecule has 0 aliphatic carbocycles. The molecular formula is C11H17N3O2S. The van der Waals surface area contributed by atoms with E-state index in [1.807, 2.05) is 13.8 Å². The van der Waals surface area contributed by atoms with Crippen LogP contribution in [0.1, 0.15) is 37.0 Å². The van der Waals surface area contributed by atoms with Gasteiger partial charge in [0, 0.05) is 12.0 Å². The Kier molecular flexibility index (Phi) is 4.25. The molecule has 94 valence electrons. The Morgan fingerprint density at radius 1 is 1.47 bits per heavy atom. The molecule has 1 heterocycles. The van der Waals surface area contributed by atoms with E-state index >= 15 is 0 Å². The van der Waals surface area contributed by atoms with Crippen LogP contribution < -0.4 is 16.8 Å². The molecule has 0 saturated carbocycles. The minimum absolute atomic E-state index is 0.159. The lowest BCUT2D eigenvalue weighted by Crippen LogP contribution is -2.33. The van der Waals surface area contributed by atoms with Crippen LogP contribution in [0.5, 0.6) is 0 Å². The Labute approximate surface area is 104 Å². The maximum Gasteiger partial charge on any atom is 0.251 e. The Morgan fingerprint density at radius 3 is 2.65 bits per heavy atom. The van der Waals surface area contributed by atoms with Gasteiger partial charge in [-0.2, -0.15) is 0 Å². The zero-order valence-electron chi connectivity index (χ0n) is 9.95. The first-order chi connectivity index (χ1) is 7.79. The lowest BCUT2D eigenvalue weighted by molar-refractivity contribution is -0.116. The number of anilines is 1.